The molecule has 0 bridgehead atoms. The molecule has 0 aliphatic carbocycles. The molecule has 5 rings (SSSR count). The van der Waals surface area contributed by atoms with Crippen LogP contribution in [0.4, 0.5) is 19.3 Å². The summed E-state index contributed by atoms with van der Waals surface area (Å²) in [6.45, 7) is 0.204. The van der Waals surface area contributed by atoms with Gasteiger partial charge in [-0.15, -0.1) is 0 Å². The number of ether oxygens (including phenoxy) is 1. The number of benzene rings is 3. The lowest BCUT2D eigenvalue weighted by Gasteiger charge is -2.31. The second-order valence-electron chi connectivity index (χ2n) is 7.94. The summed E-state index contributed by atoms with van der Waals surface area (Å²) >= 11 is 6.14. The molecule has 4 aromatic rings. The van der Waals surface area contributed by atoms with Crippen LogP contribution in [-0.2, 0) is 6.54 Å². The number of aromatic nitrogens is 1. The van der Waals surface area contributed by atoms with Crippen LogP contribution in [-0.4, -0.2) is 22.6 Å². The van der Waals surface area contributed by atoms with Gasteiger partial charge in [-0.25, -0.2) is 13.6 Å². The van der Waals surface area contributed by atoms with Crippen molar-refractivity contribution in [2.45, 2.75) is 12.6 Å². The number of rotatable bonds is 3. The van der Waals surface area contributed by atoms with Crippen molar-refractivity contribution in [1.82, 2.24) is 9.47 Å². The molecule has 8 heteroatoms. The van der Waals surface area contributed by atoms with Crippen molar-refractivity contribution in [2.24, 2.45) is 0 Å². The fourth-order valence-electron chi connectivity index (χ4n) is 4.39. The van der Waals surface area contributed by atoms with Gasteiger partial charge in [0.15, 0.2) is 0 Å². The van der Waals surface area contributed by atoms with E-state index >= 15 is 0 Å². The van der Waals surface area contributed by atoms with Gasteiger partial charge >= 0.3 is 6.03 Å². The maximum atomic E-state index is 14.3. The maximum Gasteiger partial charge on any atom is 0.323 e. The van der Waals surface area contributed by atoms with Crippen LogP contribution in [0.1, 0.15) is 22.9 Å². The number of hydrogen-bond donors (Lipinski definition) is 1. The Hall–Kier alpha value is -3.84. The molecular formula is C26H20ClF2N3O2. The van der Waals surface area contributed by atoms with Crippen LogP contribution >= 0.6 is 11.6 Å². The highest BCUT2D eigenvalue weighted by molar-refractivity contribution is 6.31. The van der Waals surface area contributed by atoms with E-state index < -0.39 is 23.7 Å². The minimum Gasteiger partial charge on any atom is -0.495 e. The molecule has 0 spiro atoms. The summed E-state index contributed by atoms with van der Waals surface area (Å²) < 4.78 is 35.8. The lowest BCUT2D eigenvalue weighted by molar-refractivity contribution is 0.194. The highest BCUT2D eigenvalue weighted by Crippen LogP contribution is 2.38. The summed E-state index contributed by atoms with van der Waals surface area (Å²) in [5.41, 5.74) is 3.17. The molecule has 172 valence electrons. The number of urea groups is 1. The van der Waals surface area contributed by atoms with Gasteiger partial charge in [-0.3, -0.25) is 0 Å². The third-order valence-corrected chi connectivity index (χ3v) is 6.06. The molecule has 1 aliphatic rings. The zero-order chi connectivity index (χ0) is 23.8. The molecule has 2 heterocycles. The molecule has 3 aromatic carbocycles. The van der Waals surface area contributed by atoms with Crippen LogP contribution in [0.3, 0.4) is 0 Å². The zero-order valence-electron chi connectivity index (χ0n) is 18.1. The number of para-hydroxylation sites is 1. The molecule has 0 saturated carbocycles. The van der Waals surface area contributed by atoms with Gasteiger partial charge in [-0.1, -0.05) is 29.8 Å². The first-order valence-electron chi connectivity index (χ1n) is 10.6. The molecular weight excluding hydrogens is 460 g/mol. The largest absolute Gasteiger partial charge is 0.495 e. The monoisotopic (exact) mass is 479 g/mol. The lowest BCUT2D eigenvalue weighted by Crippen LogP contribution is -2.38. The van der Waals surface area contributed by atoms with E-state index in [-0.39, 0.29) is 6.54 Å². The summed E-state index contributed by atoms with van der Waals surface area (Å²) in [7, 11) is 1.49. The smallest absolute Gasteiger partial charge is 0.323 e. The van der Waals surface area contributed by atoms with E-state index in [1.165, 1.54) is 19.2 Å². The minimum atomic E-state index is -0.766. The van der Waals surface area contributed by atoms with Crippen LogP contribution in [0.5, 0.6) is 5.75 Å². The van der Waals surface area contributed by atoms with Crippen molar-refractivity contribution >= 4 is 23.3 Å². The first kappa shape index (κ1) is 22.0. The molecule has 5 nitrogen and oxygen atoms in total. The number of nitrogens with one attached hydrogen (secondary N) is 1. The Labute approximate surface area is 200 Å². The first-order chi connectivity index (χ1) is 16.4. The number of amides is 2. The molecule has 2 amide bonds. The Kier molecular flexibility index (Phi) is 5.71. The Morgan fingerprint density at radius 3 is 2.56 bits per heavy atom. The molecule has 34 heavy (non-hydrogen) atoms. The number of carbonyl (C=O) groups is 1. The van der Waals surface area contributed by atoms with E-state index in [0.717, 1.165) is 17.3 Å². The zero-order valence-corrected chi connectivity index (χ0v) is 18.9. The highest BCUT2D eigenvalue weighted by atomic mass is 35.5. The summed E-state index contributed by atoms with van der Waals surface area (Å²) in [6, 6.07) is 18.3. The third kappa shape index (κ3) is 3.99. The second-order valence-corrected chi connectivity index (χ2v) is 8.38. The summed E-state index contributed by atoms with van der Waals surface area (Å²) in [5.74, 6) is -0.997. The average molecular weight is 480 g/mol. The maximum absolute atomic E-state index is 14.3. The van der Waals surface area contributed by atoms with Crippen LogP contribution in [0.2, 0.25) is 5.02 Å². The molecule has 0 saturated heterocycles. The summed E-state index contributed by atoms with van der Waals surface area (Å²) in [4.78, 5) is 15.3. The van der Waals surface area contributed by atoms with Crippen LogP contribution in [0.15, 0.2) is 79.0 Å². The van der Waals surface area contributed by atoms with Gasteiger partial charge in [0.2, 0.25) is 0 Å². The molecule has 0 fully saturated rings. The standard InChI is InChI=1S/C26H20ClF2N3O2/c1-34-24-9-8-18(27)13-21(24)30-26(33)32-15-16-5-2-3-6-22(16)31-10-4-7-23(31)25(32)17-11-19(28)14-20(29)12-17/h2-14,25H,15H2,1H3,(H,30,33)/t25-/m0/s1. The molecule has 0 radical (unpaired) electrons. The molecule has 1 atom stereocenters. The van der Waals surface area contributed by atoms with Gasteiger partial charge in [0, 0.05) is 23.0 Å². The van der Waals surface area contributed by atoms with Crippen molar-refractivity contribution in [2.75, 3.05) is 12.4 Å². The predicted octanol–water partition coefficient (Wildman–Crippen LogP) is 6.55. The first-order valence-corrected chi connectivity index (χ1v) is 10.9. The minimum absolute atomic E-state index is 0.204. The molecule has 1 aromatic heterocycles. The Bertz CT molecular complexity index is 1370. The van der Waals surface area contributed by atoms with E-state index in [4.69, 9.17) is 16.3 Å². The van der Waals surface area contributed by atoms with Crippen LogP contribution < -0.4 is 10.1 Å². The topological polar surface area (TPSA) is 46.5 Å². The quantitative estimate of drug-likeness (QED) is 0.362. The van der Waals surface area contributed by atoms with Gasteiger partial charge in [0.05, 0.1) is 31.1 Å². The summed E-state index contributed by atoms with van der Waals surface area (Å²) in [6.07, 6.45) is 1.87. The van der Waals surface area contributed by atoms with Gasteiger partial charge < -0.3 is 19.5 Å². The number of halogens is 3. The van der Waals surface area contributed by atoms with Gasteiger partial charge in [-0.05, 0) is 59.7 Å². The Balaban J connectivity index is 1.66. The van der Waals surface area contributed by atoms with E-state index in [0.29, 0.717) is 27.7 Å². The van der Waals surface area contributed by atoms with E-state index in [1.54, 1.807) is 23.1 Å². The summed E-state index contributed by atoms with van der Waals surface area (Å²) in [5, 5.41) is 3.29. The van der Waals surface area contributed by atoms with Crippen molar-refractivity contribution in [1.29, 1.82) is 0 Å². The number of fused-ring (bicyclic) bond motifs is 3. The number of nitrogens with zero attached hydrogens (tertiary/aromatic N) is 2. The highest BCUT2D eigenvalue weighted by Gasteiger charge is 2.34. The predicted molar refractivity (Wildman–Crippen MR) is 127 cm³/mol. The van der Waals surface area contributed by atoms with Gasteiger partial charge in [0.25, 0.3) is 0 Å². The number of carbonyl (C=O) groups excluding carboxylic acids is 1. The van der Waals surface area contributed by atoms with Crippen LogP contribution in [0.25, 0.3) is 5.69 Å². The fraction of sp³-hybridized carbons (Fsp3) is 0.115. The lowest BCUT2D eigenvalue weighted by atomic mass is 10.0. The fourth-order valence-corrected chi connectivity index (χ4v) is 4.56. The molecule has 0 unspecified atom stereocenters. The number of methoxy groups -OCH3 is 1. The van der Waals surface area contributed by atoms with E-state index in [9.17, 15) is 13.6 Å². The Morgan fingerprint density at radius 2 is 1.79 bits per heavy atom. The van der Waals surface area contributed by atoms with Crippen molar-refractivity contribution in [3.63, 3.8) is 0 Å². The average Bonchev–Trinajstić information content (AvgIpc) is 3.22. The Morgan fingerprint density at radius 1 is 1.03 bits per heavy atom. The molecule has 1 N–H and O–H groups in total. The third-order valence-electron chi connectivity index (χ3n) is 5.83. The number of hydrogen-bond acceptors (Lipinski definition) is 2. The van der Waals surface area contributed by atoms with Gasteiger partial charge in [-0.2, -0.15) is 0 Å². The second kappa shape index (κ2) is 8.83. The van der Waals surface area contributed by atoms with Crippen molar-refractivity contribution < 1.29 is 18.3 Å². The van der Waals surface area contributed by atoms with Crippen LogP contribution in [0, 0.1) is 11.6 Å². The van der Waals surface area contributed by atoms with Gasteiger partial charge in [0.1, 0.15) is 17.4 Å². The normalized spacial score (nSPS) is 14.7. The number of anilines is 1. The van der Waals surface area contributed by atoms with E-state index in [1.807, 2.05) is 47.2 Å². The van der Waals surface area contributed by atoms with E-state index in [2.05, 4.69) is 5.32 Å². The SMILES string of the molecule is COc1ccc(Cl)cc1NC(=O)N1Cc2ccccc2-n2cccc2[C@@H]1c1cc(F)cc(F)c1. The molecule has 1 aliphatic heterocycles. The van der Waals surface area contributed by atoms with Crippen molar-refractivity contribution in [3.05, 3.63) is 112 Å². The van der Waals surface area contributed by atoms with Crippen molar-refractivity contribution in [3.8, 4) is 11.4 Å².